The quantitative estimate of drug-likeness (QED) is 0.0222. The number of rotatable bonds is 71. The van der Waals surface area contributed by atoms with E-state index in [1.54, 1.807) is 0 Å². The van der Waals surface area contributed by atoms with Gasteiger partial charge in [0.1, 0.15) is 19.3 Å². The SMILES string of the molecule is CCCCCCCCCCCCCCCCCCCC(=O)O[C@H](COC(=O)CCCCCCCCCCCCC(C)CC)COP(=O)(O)OC[C@@H](O)COP(=O)(O)OC[C@@H](COC(=O)CCCCCCCCC(C)CC)OC(=O)CCCCCCCCCCC(C)C. The Bertz CT molecular complexity index is 1810. The molecule has 0 aromatic rings. The first-order valence-corrected chi connectivity index (χ1v) is 40.9. The highest BCUT2D eigenvalue weighted by molar-refractivity contribution is 7.47. The first-order valence-electron chi connectivity index (χ1n) is 37.9. The van der Waals surface area contributed by atoms with E-state index in [9.17, 15) is 43.2 Å². The van der Waals surface area contributed by atoms with Gasteiger partial charge in [0, 0.05) is 25.7 Å². The van der Waals surface area contributed by atoms with Crippen LogP contribution in [-0.4, -0.2) is 96.7 Å². The van der Waals surface area contributed by atoms with Crippen molar-refractivity contribution in [3.63, 3.8) is 0 Å². The van der Waals surface area contributed by atoms with Crippen LogP contribution in [0.1, 0.15) is 370 Å². The number of hydrogen-bond acceptors (Lipinski definition) is 15. The van der Waals surface area contributed by atoms with E-state index >= 15 is 0 Å². The third-order valence-corrected chi connectivity index (χ3v) is 19.5. The number of ether oxygens (including phenoxy) is 4. The van der Waals surface area contributed by atoms with Gasteiger partial charge in [-0.15, -0.1) is 0 Å². The predicted molar refractivity (Wildman–Crippen MR) is 372 cm³/mol. The monoisotopic (exact) mass is 1350 g/mol. The minimum absolute atomic E-state index is 0.103. The second-order valence-electron chi connectivity index (χ2n) is 27.3. The summed E-state index contributed by atoms with van der Waals surface area (Å²) in [5.74, 6) is 0.134. The molecule has 0 rings (SSSR count). The minimum atomic E-state index is -4.96. The molecule has 0 aromatic heterocycles. The van der Waals surface area contributed by atoms with Crippen molar-refractivity contribution in [3.8, 4) is 0 Å². The molecular weight excluding hydrogens is 1210 g/mol. The maximum atomic E-state index is 13.1. The van der Waals surface area contributed by atoms with Crippen molar-refractivity contribution in [1.82, 2.24) is 0 Å². The van der Waals surface area contributed by atoms with Crippen LogP contribution >= 0.6 is 15.6 Å². The highest BCUT2D eigenvalue weighted by atomic mass is 31.2. The Morgan fingerprint density at radius 2 is 0.554 bits per heavy atom. The third kappa shape index (κ3) is 64.1. The average molecular weight is 1350 g/mol. The molecule has 546 valence electrons. The van der Waals surface area contributed by atoms with E-state index < -0.39 is 97.5 Å². The van der Waals surface area contributed by atoms with Crippen molar-refractivity contribution in [2.75, 3.05) is 39.6 Å². The van der Waals surface area contributed by atoms with Crippen LogP contribution in [0.15, 0.2) is 0 Å². The number of esters is 4. The van der Waals surface area contributed by atoms with E-state index in [-0.39, 0.29) is 25.7 Å². The molecule has 92 heavy (non-hydrogen) atoms. The van der Waals surface area contributed by atoms with E-state index in [2.05, 4.69) is 48.5 Å². The lowest BCUT2D eigenvalue weighted by Crippen LogP contribution is -2.30. The van der Waals surface area contributed by atoms with Crippen molar-refractivity contribution in [2.24, 2.45) is 17.8 Å². The van der Waals surface area contributed by atoms with Gasteiger partial charge in [0.25, 0.3) is 0 Å². The van der Waals surface area contributed by atoms with Crippen molar-refractivity contribution in [2.45, 2.75) is 388 Å². The molecule has 0 saturated heterocycles. The summed E-state index contributed by atoms with van der Waals surface area (Å²) in [4.78, 5) is 72.7. The van der Waals surface area contributed by atoms with Crippen LogP contribution in [0.4, 0.5) is 0 Å². The number of phosphoric acid groups is 2. The van der Waals surface area contributed by atoms with Gasteiger partial charge in [-0.05, 0) is 43.4 Å². The largest absolute Gasteiger partial charge is 0.472 e. The second-order valence-corrected chi connectivity index (χ2v) is 30.2. The van der Waals surface area contributed by atoms with Gasteiger partial charge in [-0.3, -0.25) is 37.3 Å². The molecular formula is C73H142O17P2. The first-order chi connectivity index (χ1) is 44.3. The average Bonchev–Trinajstić information content (AvgIpc) is 2.13. The van der Waals surface area contributed by atoms with Gasteiger partial charge in [-0.1, -0.05) is 318 Å². The van der Waals surface area contributed by atoms with E-state index in [4.69, 9.17) is 37.0 Å². The van der Waals surface area contributed by atoms with Crippen LogP contribution in [0, 0.1) is 17.8 Å². The summed E-state index contributed by atoms with van der Waals surface area (Å²) < 4.78 is 68.4. The third-order valence-electron chi connectivity index (χ3n) is 17.6. The summed E-state index contributed by atoms with van der Waals surface area (Å²) in [5, 5.41) is 10.6. The summed E-state index contributed by atoms with van der Waals surface area (Å²) in [6, 6.07) is 0. The van der Waals surface area contributed by atoms with Gasteiger partial charge in [-0.25, -0.2) is 9.13 Å². The van der Waals surface area contributed by atoms with E-state index in [1.165, 1.54) is 173 Å². The normalized spacial score (nSPS) is 14.7. The lowest BCUT2D eigenvalue weighted by atomic mass is 9.99. The molecule has 0 heterocycles. The number of aliphatic hydroxyl groups is 1. The molecule has 7 atom stereocenters. The smallest absolute Gasteiger partial charge is 0.462 e. The zero-order valence-electron chi connectivity index (χ0n) is 60.0. The van der Waals surface area contributed by atoms with E-state index in [1.807, 2.05) is 0 Å². The molecule has 0 aliphatic heterocycles. The zero-order chi connectivity index (χ0) is 68.0. The van der Waals surface area contributed by atoms with Crippen molar-refractivity contribution < 1.29 is 80.2 Å². The van der Waals surface area contributed by atoms with Crippen LogP contribution in [0.25, 0.3) is 0 Å². The number of unbranched alkanes of at least 4 members (excludes halogenated alkanes) is 37. The van der Waals surface area contributed by atoms with Crippen molar-refractivity contribution in [1.29, 1.82) is 0 Å². The molecule has 0 spiro atoms. The van der Waals surface area contributed by atoms with E-state index in [0.29, 0.717) is 25.7 Å². The van der Waals surface area contributed by atoms with Gasteiger partial charge in [-0.2, -0.15) is 0 Å². The summed E-state index contributed by atoms with van der Waals surface area (Å²) >= 11 is 0. The molecule has 0 amide bonds. The topological polar surface area (TPSA) is 237 Å². The maximum absolute atomic E-state index is 13.1. The number of hydrogen-bond donors (Lipinski definition) is 3. The number of carbonyl (C=O) groups is 4. The molecule has 3 N–H and O–H groups in total. The molecule has 17 nitrogen and oxygen atoms in total. The van der Waals surface area contributed by atoms with Gasteiger partial charge in [0.2, 0.25) is 0 Å². The minimum Gasteiger partial charge on any atom is -0.462 e. The highest BCUT2D eigenvalue weighted by Gasteiger charge is 2.30. The van der Waals surface area contributed by atoms with Gasteiger partial charge in [0.05, 0.1) is 26.4 Å². The van der Waals surface area contributed by atoms with Crippen LogP contribution < -0.4 is 0 Å². The lowest BCUT2D eigenvalue weighted by molar-refractivity contribution is -0.161. The molecule has 0 radical (unpaired) electrons. The molecule has 0 aliphatic rings. The molecule has 19 heteroatoms. The Balaban J connectivity index is 5.25. The predicted octanol–water partition coefficient (Wildman–Crippen LogP) is 21.0. The summed E-state index contributed by atoms with van der Waals surface area (Å²) in [6.07, 6.45) is 48.6. The fourth-order valence-electron chi connectivity index (χ4n) is 11.0. The first kappa shape index (κ1) is 90.1. The van der Waals surface area contributed by atoms with Gasteiger partial charge >= 0.3 is 39.5 Å². The fourth-order valence-corrected chi connectivity index (χ4v) is 12.6. The van der Waals surface area contributed by atoms with Crippen LogP contribution in [0.5, 0.6) is 0 Å². The van der Waals surface area contributed by atoms with Gasteiger partial charge in [0.15, 0.2) is 12.2 Å². The zero-order valence-corrected chi connectivity index (χ0v) is 61.8. The molecule has 0 aliphatic carbocycles. The standard InChI is InChI=1S/C73H142O17P2/c1-8-11-12-13-14-15-16-17-18-19-20-21-22-27-33-42-49-56-72(77)89-68(60-83-70(75)54-47-40-32-26-24-23-25-31-38-45-52-65(6)9-2)62-87-91(79,80)85-58-67(74)59-86-92(81,82)88-63-69(61-84-71(76)55-48-41-36-35-39-46-53-66(7)10-3)90-73(78)57-50-43-34-29-28-30-37-44-51-64(4)5/h64-69,74H,8-63H2,1-7H3,(H,79,80)(H,81,82)/t65?,66?,67-,68-,69-/m1/s1. The highest BCUT2D eigenvalue weighted by Crippen LogP contribution is 2.45. The Morgan fingerprint density at radius 1 is 0.315 bits per heavy atom. The Labute approximate surface area is 562 Å². The van der Waals surface area contributed by atoms with Crippen LogP contribution in [-0.2, 0) is 65.4 Å². The van der Waals surface area contributed by atoms with Crippen LogP contribution in [0.3, 0.4) is 0 Å². The second kappa shape index (κ2) is 63.8. The summed E-state index contributed by atoms with van der Waals surface area (Å²) in [5.41, 5.74) is 0. The van der Waals surface area contributed by atoms with Crippen molar-refractivity contribution in [3.05, 3.63) is 0 Å². The molecule has 0 bridgehead atoms. The number of phosphoric ester groups is 2. The molecule has 0 aromatic carbocycles. The molecule has 0 fully saturated rings. The lowest BCUT2D eigenvalue weighted by Gasteiger charge is -2.21. The number of carbonyl (C=O) groups excluding carboxylic acids is 4. The maximum Gasteiger partial charge on any atom is 0.472 e. The fraction of sp³-hybridized carbons (Fsp3) is 0.945. The van der Waals surface area contributed by atoms with Crippen molar-refractivity contribution >= 4 is 39.5 Å². The Kier molecular flexibility index (Phi) is 62.4. The Morgan fingerprint density at radius 3 is 0.826 bits per heavy atom. The summed E-state index contributed by atoms with van der Waals surface area (Å²) in [7, 11) is -9.91. The molecule has 4 unspecified atom stereocenters. The molecule has 0 saturated carbocycles. The van der Waals surface area contributed by atoms with E-state index in [0.717, 1.165) is 114 Å². The number of aliphatic hydroxyl groups excluding tert-OH is 1. The summed E-state index contributed by atoms with van der Waals surface area (Å²) in [6.45, 7) is 11.8. The van der Waals surface area contributed by atoms with Crippen LogP contribution in [0.2, 0.25) is 0 Å². The Hall–Kier alpha value is -1.94. The van der Waals surface area contributed by atoms with Gasteiger partial charge < -0.3 is 33.8 Å².